The Balaban J connectivity index is 1.70. The number of benzene rings is 1. The average molecular weight is 376 g/mol. The topological polar surface area (TPSA) is 54.9 Å². The molecular formula is C17H17N3OS3. The maximum atomic E-state index is 12.2. The zero-order chi connectivity index (χ0) is 17.1. The highest BCUT2D eigenvalue weighted by Gasteiger charge is 2.13. The van der Waals surface area contributed by atoms with Crippen LogP contribution in [0, 0.1) is 13.8 Å². The Kier molecular flexibility index (Phi) is 5.43. The van der Waals surface area contributed by atoms with Gasteiger partial charge >= 0.3 is 0 Å². The lowest BCUT2D eigenvalue weighted by molar-refractivity contribution is -0.113. The largest absolute Gasteiger partial charge is 0.325 e. The molecule has 0 atom stereocenters. The summed E-state index contributed by atoms with van der Waals surface area (Å²) in [4.78, 5) is 24.3. The summed E-state index contributed by atoms with van der Waals surface area (Å²) in [5.41, 5.74) is 2.02. The first-order chi connectivity index (χ1) is 11.6. The van der Waals surface area contributed by atoms with E-state index in [4.69, 9.17) is 0 Å². The molecule has 0 unspecified atom stereocenters. The van der Waals surface area contributed by atoms with Gasteiger partial charge in [-0.2, -0.15) is 0 Å². The minimum absolute atomic E-state index is 0.0328. The van der Waals surface area contributed by atoms with Gasteiger partial charge in [0, 0.05) is 20.8 Å². The van der Waals surface area contributed by atoms with Crippen molar-refractivity contribution in [3.05, 3.63) is 41.0 Å². The van der Waals surface area contributed by atoms with E-state index in [1.54, 1.807) is 29.4 Å². The van der Waals surface area contributed by atoms with Crippen molar-refractivity contribution in [2.75, 3.05) is 17.3 Å². The molecule has 0 aliphatic rings. The van der Waals surface area contributed by atoms with Crippen molar-refractivity contribution >= 4 is 56.7 Å². The van der Waals surface area contributed by atoms with Crippen LogP contribution in [0.4, 0.5) is 5.69 Å². The normalized spacial score (nSPS) is 11.0. The first-order valence-electron chi connectivity index (χ1n) is 7.36. The molecule has 0 radical (unpaired) electrons. The second-order valence-corrected chi connectivity index (χ2v) is 8.26. The van der Waals surface area contributed by atoms with E-state index in [0.717, 1.165) is 25.8 Å². The van der Waals surface area contributed by atoms with E-state index in [-0.39, 0.29) is 5.91 Å². The van der Waals surface area contributed by atoms with Crippen molar-refractivity contribution in [1.82, 2.24) is 9.97 Å². The van der Waals surface area contributed by atoms with E-state index in [1.165, 1.54) is 22.2 Å². The van der Waals surface area contributed by atoms with Gasteiger partial charge in [-0.1, -0.05) is 17.8 Å². The summed E-state index contributed by atoms with van der Waals surface area (Å²) in [5.74, 6) is 0.291. The maximum absolute atomic E-state index is 12.2. The Labute approximate surface area is 153 Å². The van der Waals surface area contributed by atoms with Crippen LogP contribution in [0.1, 0.15) is 10.4 Å². The Bertz CT molecular complexity index is 892. The molecule has 0 saturated heterocycles. The van der Waals surface area contributed by atoms with Gasteiger partial charge in [0.25, 0.3) is 0 Å². The lowest BCUT2D eigenvalue weighted by atomic mass is 10.2. The Morgan fingerprint density at radius 3 is 2.92 bits per heavy atom. The van der Waals surface area contributed by atoms with Gasteiger partial charge in [0.2, 0.25) is 5.91 Å². The van der Waals surface area contributed by atoms with Crippen molar-refractivity contribution < 1.29 is 4.79 Å². The molecular weight excluding hydrogens is 358 g/mol. The van der Waals surface area contributed by atoms with Crippen LogP contribution in [0.25, 0.3) is 10.2 Å². The third-order valence-corrected chi connectivity index (χ3v) is 6.45. The summed E-state index contributed by atoms with van der Waals surface area (Å²) < 4.78 is 0. The third-order valence-electron chi connectivity index (χ3n) is 3.62. The molecule has 3 rings (SSSR count). The minimum atomic E-state index is -0.0328. The van der Waals surface area contributed by atoms with Gasteiger partial charge in [0.15, 0.2) is 0 Å². The second kappa shape index (κ2) is 7.55. The van der Waals surface area contributed by atoms with Crippen LogP contribution in [0.15, 0.2) is 40.5 Å². The van der Waals surface area contributed by atoms with E-state index in [9.17, 15) is 4.79 Å². The number of hydrogen-bond acceptors (Lipinski definition) is 6. The molecule has 0 spiro atoms. The summed E-state index contributed by atoms with van der Waals surface area (Å²) in [6.07, 6.45) is 3.59. The fourth-order valence-electron chi connectivity index (χ4n) is 2.29. The number of carbonyl (C=O) groups is 1. The van der Waals surface area contributed by atoms with Crippen LogP contribution in [0.3, 0.4) is 0 Å². The molecule has 1 N–H and O–H groups in total. The number of hydrogen-bond donors (Lipinski definition) is 1. The van der Waals surface area contributed by atoms with Gasteiger partial charge in [0.1, 0.15) is 16.2 Å². The molecule has 4 nitrogen and oxygen atoms in total. The second-order valence-electron chi connectivity index (χ2n) is 5.21. The number of aromatic nitrogens is 2. The van der Waals surface area contributed by atoms with E-state index in [1.807, 2.05) is 30.5 Å². The molecule has 3 aromatic rings. The smallest absolute Gasteiger partial charge is 0.234 e. The lowest BCUT2D eigenvalue weighted by Gasteiger charge is -2.07. The van der Waals surface area contributed by atoms with E-state index in [0.29, 0.717) is 5.75 Å². The van der Waals surface area contributed by atoms with E-state index >= 15 is 0 Å². The number of thiophene rings is 1. The highest BCUT2D eigenvalue weighted by atomic mass is 32.2. The molecule has 0 aliphatic heterocycles. The lowest BCUT2D eigenvalue weighted by Crippen LogP contribution is -2.14. The Morgan fingerprint density at radius 2 is 2.12 bits per heavy atom. The van der Waals surface area contributed by atoms with Crippen LogP contribution in [0.5, 0.6) is 0 Å². The monoisotopic (exact) mass is 375 g/mol. The number of aryl methyl sites for hydroxylation is 2. The molecule has 0 saturated carbocycles. The third kappa shape index (κ3) is 3.74. The van der Waals surface area contributed by atoms with Crippen molar-refractivity contribution in [3.8, 4) is 0 Å². The van der Waals surface area contributed by atoms with Gasteiger partial charge in [-0.3, -0.25) is 4.79 Å². The molecule has 0 bridgehead atoms. The molecule has 0 fully saturated rings. The highest BCUT2D eigenvalue weighted by Crippen LogP contribution is 2.34. The van der Waals surface area contributed by atoms with E-state index < -0.39 is 0 Å². The number of nitrogens with zero attached hydrogens (tertiary/aromatic N) is 2. The molecule has 124 valence electrons. The van der Waals surface area contributed by atoms with Crippen molar-refractivity contribution in [1.29, 1.82) is 0 Å². The predicted octanol–water partition coefficient (Wildman–Crippen LogP) is 4.76. The fourth-order valence-corrected chi connectivity index (χ4v) is 4.67. The first kappa shape index (κ1) is 17.3. The predicted molar refractivity (Wildman–Crippen MR) is 104 cm³/mol. The number of anilines is 1. The van der Waals surface area contributed by atoms with Crippen molar-refractivity contribution in [2.45, 2.75) is 23.8 Å². The number of fused-ring (bicyclic) bond motifs is 1. The molecule has 0 aliphatic carbocycles. The number of rotatable bonds is 5. The Hall–Kier alpha value is -1.57. The Morgan fingerprint density at radius 1 is 1.29 bits per heavy atom. The molecule has 24 heavy (non-hydrogen) atoms. The highest BCUT2D eigenvalue weighted by molar-refractivity contribution is 8.00. The number of nitrogens with one attached hydrogen (secondary N) is 1. The van der Waals surface area contributed by atoms with Gasteiger partial charge in [0.05, 0.1) is 5.75 Å². The first-order valence-corrected chi connectivity index (χ1v) is 10.4. The summed E-state index contributed by atoms with van der Waals surface area (Å²) >= 11 is 4.77. The van der Waals surface area contributed by atoms with Crippen LogP contribution in [0.2, 0.25) is 0 Å². The molecule has 1 aromatic carbocycles. The molecule has 2 heterocycles. The summed E-state index contributed by atoms with van der Waals surface area (Å²) in [6, 6.07) is 7.84. The number of thioether (sulfide) groups is 2. The molecule has 2 aromatic heterocycles. The summed E-state index contributed by atoms with van der Waals surface area (Å²) in [6.45, 7) is 4.16. The van der Waals surface area contributed by atoms with E-state index in [2.05, 4.69) is 29.1 Å². The van der Waals surface area contributed by atoms with Crippen LogP contribution >= 0.6 is 34.9 Å². The number of amides is 1. The van der Waals surface area contributed by atoms with Gasteiger partial charge in [-0.25, -0.2) is 9.97 Å². The SMILES string of the molecule is CSc1cccc(NC(=O)CSc2ncnc3sc(C)c(C)c23)c1. The number of carbonyl (C=O) groups excluding carboxylic acids is 1. The van der Waals surface area contributed by atoms with Crippen LogP contribution < -0.4 is 5.32 Å². The summed E-state index contributed by atoms with van der Waals surface area (Å²) in [7, 11) is 0. The van der Waals surface area contributed by atoms with Crippen LogP contribution in [-0.2, 0) is 4.79 Å². The zero-order valence-electron chi connectivity index (χ0n) is 13.6. The van der Waals surface area contributed by atoms with Gasteiger partial charge in [-0.05, 0) is 43.9 Å². The quantitative estimate of drug-likeness (QED) is 0.515. The van der Waals surface area contributed by atoms with Crippen molar-refractivity contribution in [3.63, 3.8) is 0 Å². The molecule has 7 heteroatoms. The summed E-state index contributed by atoms with van der Waals surface area (Å²) in [5, 5.41) is 4.88. The standard InChI is InChI=1S/C17H17N3OS3/c1-10-11(2)24-17-15(10)16(18-9-19-17)23-8-14(21)20-12-5-4-6-13(7-12)22-3/h4-7,9H,8H2,1-3H3,(H,20,21). The fraction of sp³-hybridized carbons (Fsp3) is 0.235. The molecule has 1 amide bonds. The zero-order valence-corrected chi connectivity index (χ0v) is 16.1. The average Bonchev–Trinajstić information content (AvgIpc) is 2.88. The van der Waals surface area contributed by atoms with Gasteiger partial charge < -0.3 is 5.32 Å². The van der Waals surface area contributed by atoms with Gasteiger partial charge in [-0.15, -0.1) is 23.1 Å². The van der Waals surface area contributed by atoms with Crippen molar-refractivity contribution in [2.24, 2.45) is 0 Å². The minimum Gasteiger partial charge on any atom is -0.325 e. The maximum Gasteiger partial charge on any atom is 0.234 e. The van der Waals surface area contributed by atoms with Crippen LogP contribution in [-0.4, -0.2) is 27.9 Å².